The minimum Gasteiger partial charge on any atom is -0.354 e. The number of aryl methyl sites for hydroxylation is 1. The molecule has 0 aliphatic carbocycles. The Balaban J connectivity index is 1.31. The Labute approximate surface area is 175 Å². The molecule has 1 aromatic carbocycles. The van der Waals surface area contributed by atoms with Crippen molar-refractivity contribution in [2.75, 3.05) is 36.4 Å². The normalized spacial score (nSPS) is 14.5. The molecule has 0 atom stereocenters. The number of amides is 1. The molecule has 1 N–H and O–H groups in total. The first-order chi connectivity index (χ1) is 14.6. The quantitative estimate of drug-likeness (QED) is 0.708. The van der Waals surface area contributed by atoms with Crippen LogP contribution in [0.25, 0.3) is 0 Å². The number of anilines is 2. The number of piperazine rings is 1. The van der Waals surface area contributed by atoms with E-state index in [0.29, 0.717) is 5.69 Å². The molecule has 7 heteroatoms. The van der Waals surface area contributed by atoms with E-state index in [9.17, 15) is 9.59 Å². The maximum Gasteiger partial charge on any atom is 0.263 e. The highest BCUT2D eigenvalue weighted by Crippen LogP contribution is 2.16. The van der Waals surface area contributed by atoms with E-state index < -0.39 is 5.91 Å². The number of hydrogen-bond donors (Lipinski definition) is 1. The summed E-state index contributed by atoms with van der Waals surface area (Å²) in [7, 11) is 1.63. The summed E-state index contributed by atoms with van der Waals surface area (Å²) in [4.78, 5) is 33.6. The smallest absolute Gasteiger partial charge is 0.263 e. The molecule has 2 aromatic heterocycles. The third-order valence-electron chi connectivity index (χ3n) is 5.33. The molecule has 0 spiro atoms. The maximum atomic E-state index is 12.4. The molecule has 0 unspecified atom stereocenters. The van der Waals surface area contributed by atoms with Crippen molar-refractivity contribution in [3.8, 4) is 0 Å². The summed E-state index contributed by atoms with van der Waals surface area (Å²) in [5, 5.41) is 2.80. The SMILES string of the molecule is Cn1cccc(C(=O)Nc2ccc(CN3CCN(c4ccccn4)CC3)cc2)c1=O. The van der Waals surface area contributed by atoms with Crippen molar-refractivity contribution in [3.05, 3.63) is 88.5 Å². The Morgan fingerprint density at radius 3 is 2.47 bits per heavy atom. The van der Waals surface area contributed by atoms with E-state index in [1.165, 1.54) is 16.2 Å². The summed E-state index contributed by atoms with van der Waals surface area (Å²) in [6.07, 6.45) is 3.46. The second-order valence-electron chi connectivity index (χ2n) is 7.44. The van der Waals surface area contributed by atoms with Crippen molar-refractivity contribution in [2.45, 2.75) is 6.54 Å². The second-order valence-corrected chi connectivity index (χ2v) is 7.44. The fourth-order valence-corrected chi connectivity index (χ4v) is 3.60. The third-order valence-corrected chi connectivity index (χ3v) is 5.33. The van der Waals surface area contributed by atoms with Gasteiger partial charge in [0, 0.05) is 57.9 Å². The predicted octanol–water partition coefficient (Wildman–Crippen LogP) is 2.35. The molecule has 3 heterocycles. The van der Waals surface area contributed by atoms with Gasteiger partial charge in [-0.15, -0.1) is 0 Å². The van der Waals surface area contributed by atoms with E-state index in [0.717, 1.165) is 38.5 Å². The van der Waals surface area contributed by atoms with Gasteiger partial charge in [0.2, 0.25) is 0 Å². The van der Waals surface area contributed by atoms with Gasteiger partial charge in [-0.2, -0.15) is 0 Å². The van der Waals surface area contributed by atoms with E-state index in [1.54, 1.807) is 19.3 Å². The molecule has 4 rings (SSSR count). The Morgan fingerprint density at radius 1 is 1.00 bits per heavy atom. The molecule has 0 saturated carbocycles. The molecule has 30 heavy (non-hydrogen) atoms. The zero-order valence-electron chi connectivity index (χ0n) is 17.0. The van der Waals surface area contributed by atoms with Crippen molar-refractivity contribution < 1.29 is 4.79 Å². The topological polar surface area (TPSA) is 70.5 Å². The molecule has 7 nitrogen and oxygen atoms in total. The van der Waals surface area contributed by atoms with Crippen molar-refractivity contribution >= 4 is 17.4 Å². The van der Waals surface area contributed by atoms with Crippen LogP contribution < -0.4 is 15.8 Å². The first-order valence-electron chi connectivity index (χ1n) is 10.0. The van der Waals surface area contributed by atoms with Crippen molar-refractivity contribution in [3.63, 3.8) is 0 Å². The van der Waals surface area contributed by atoms with Crippen LogP contribution in [0.3, 0.4) is 0 Å². The summed E-state index contributed by atoms with van der Waals surface area (Å²) < 4.78 is 1.39. The van der Waals surface area contributed by atoms with Gasteiger partial charge in [-0.1, -0.05) is 18.2 Å². The number of carbonyl (C=O) groups is 1. The Kier molecular flexibility index (Phi) is 5.90. The summed E-state index contributed by atoms with van der Waals surface area (Å²) in [5.74, 6) is 0.639. The van der Waals surface area contributed by atoms with E-state index in [-0.39, 0.29) is 11.1 Å². The maximum absolute atomic E-state index is 12.4. The zero-order chi connectivity index (χ0) is 20.9. The summed E-state index contributed by atoms with van der Waals surface area (Å²) in [5.41, 5.74) is 1.69. The summed E-state index contributed by atoms with van der Waals surface area (Å²) in [6.45, 7) is 4.73. The number of benzene rings is 1. The van der Waals surface area contributed by atoms with E-state index in [2.05, 4.69) is 20.1 Å². The fraction of sp³-hybridized carbons (Fsp3) is 0.261. The average molecular weight is 403 g/mol. The molecule has 3 aromatic rings. The van der Waals surface area contributed by atoms with Gasteiger partial charge in [0.05, 0.1) is 0 Å². The number of nitrogens with zero attached hydrogens (tertiary/aromatic N) is 4. The van der Waals surface area contributed by atoms with Crippen LogP contribution in [0.15, 0.2) is 71.8 Å². The Bertz CT molecular complexity index is 1050. The highest BCUT2D eigenvalue weighted by Gasteiger charge is 2.18. The largest absolute Gasteiger partial charge is 0.354 e. The van der Waals surface area contributed by atoms with Crippen LogP contribution in [0, 0.1) is 0 Å². The highest BCUT2D eigenvalue weighted by atomic mass is 16.2. The number of nitrogens with one attached hydrogen (secondary N) is 1. The molecule has 1 saturated heterocycles. The van der Waals surface area contributed by atoms with Crippen molar-refractivity contribution in [1.82, 2.24) is 14.5 Å². The minimum atomic E-state index is -0.394. The first-order valence-corrected chi connectivity index (χ1v) is 10.0. The number of aromatic nitrogens is 2. The van der Waals surface area contributed by atoms with Crippen LogP contribution in [0.5, 0.6) is 0 Å². The molecule has 1 fully saturated rings. The third kappa shape index (κ3) is 4.58. The van der Waals surface area contributed by atoms with Crippen LogP contribution in [0.2, 0.25) is 0 Å². The summed E-state index contributed by atoms with van der Waals surface area (Å²) in [6, 6.07) is 17.0. The van der Waals surface area contributed by atoms with Gasteiger partial charge in [0.25, 0.3) is 11.5 Å². The van der Waals surface area contributed by atoms with Crippen molar-refractivity contribution in [1.29, 1.82) is 0 Å². The molecular formula is C23H25N5O2. The van der Waals surface area contributed by atoms with Crippen LogP contribution in [-0.2, 0) is 13.6 Å². The number of pyridine rings is 2. The Morgan fingerprint density at radius 2 is 1.77 bits per heavy atom. The average Bonchev–Trinajstić information content (AvgIpc) is 2.78. The number of carbonyl (C=O) groups excluding carboxylic acids is 1. The van der Waals surface area contributed by atoms with Gasteiger partial charge in [-0.05, 0) is 42.0 Å². The van der Waals surface area contributed by atoms with Gasteiger partial charge in [-0.25, -0.2) is 4.98 Å². The van der Waals surface area contributed by atoms with Crippen LogP contribution in [-0.4, -0.2) is 46.5 Å². The van der Waals surface area contributed by atoms with Gasteiger partial charge in [-0.3, -0.25) is 14.5 Å². The van der Waals surface area contributed by atoms with E-state index in [1.807, 2.05) is 48.7 Å². The lowest BCUT2D eigenvalue weighted by Gasteiger charge is -2.35. The van der Waals surface area contributed by atoms with Crippen LogP contribution >= 0.6 is 0 Å². The summed E-state index contributed by atoms with van der Waals surface area (Å²) >= 11 is 0. The molecule has 1 aliphatic heterocycles. The predicted molar refractivity (Wildman–Crippen MR) is 118 cm³/mol. The molecule has 0 bridgehead atoms. The molecular weight excluding hydrogens is 378 g/mol. The molecule has 154 valence electrons. The van der Waals surface area contributed by atoms with Gasteiger partial charge < -0.3 is 14.8 Å². The fourth-order valence-electron chi connectivity index (χ4n) is 3.60. The highest BCUT2D eigenvalue weighted by molar-refractivity contribution is 6.03. The lowest BCUT2D eigenvalue weighted by Crippen LogP contribution is -2.46. The molecule has 1 aliphatic rings. The Hall–Kier alpha value is -3.45. The van der Waals surface area contributed by atoms with Crippen LogP contribution in [0.4, 0.5) is 11.5 Å². The van der Waals surface area contributed by atoms with Crippen molar-refractivity contribution in [2.24, 2.45) is 7.05 Å². The number of hydrogen-bond acceptors (Lipinski definition) is 5. The van der Waals surface area contributed by atoms with E-state index >= 15 is 0 Å². The molecule has 1 amide bonds. The lowest BCUT2D eigenvalue weighted by molar-refractivity contribution is 0.102. The first kappa shape index (κ1) is 19.8. The van der Waals surface area contributed by atoms with Gasteiger partial charge >= 0.3 is 0 Å². The minimum absolute atomic E-state index is 0.134. The number of rotatable bonds is 5. The van der Waals surface area contributed by atoms with Gasteiger partial charge in [0.1, 0.15) is 11.4 Å². The zero-order valence-corrected chi connectivity index (χ0v) is 17.0. The van der Waals surface area contributed by atoms with Crippen LogP contribution in [0.1, 0.15) is 15.9 Å². The van der Waals surface area contributed by atoms with Gasteiger partial charge in [0.15, 0.2) is 0 Å². The lowest BCUT2D eigenvalue weighted by atomic mass is 10.1. The standard InChI is InChI=1S/C23H25N5O2/c1-26-12-4-5-20(23(26)30)22(29)25-19-9-7-18(8-10-19)17-27-13-15-28(16-14-27)21-6-2-3-11-24-21/h2-12H,13-17H2,1H3,(H,25,29). The molecule has 0 radical (unpaired) electrons. The van der Waals surface area contributed by atoms with E-state index in [4.69, 9.17) is 0 Å². The second kappa shape index (κ2) is 8.92. The monoisotopic (exact) mass is 403 g/mol.